The highest BCUT2D eigenvalue weighted by molar-refractivity contribution is 6.07. The molecule has 0 aliphatic carbocycles. The number of nitrogen functional groups attached to an aromatic ring is 1. The first kappa shape index (κ1) is 18.5. The van der Waals surface area contributed by atoms with Gasteiger partial charge in [-0.3, -0.25) is 9.48 Å². The Kier molecular flexibility index (Phi) is 4.67. The minimum atomic E-state index is -0.918. The van der Waals surface area contributed by atoms with E-state index in [1.54, 1.807) is 29.1 Å². The van der Waals surface area contributed by atoms with E-state index >= 15 is 0 Å². The van der Waals surface area contributed by atoms with Crippen molar-refractivity contribution < 1.29 is 18.0 Å². The summed E-state index contributed by atoms with van der Waals surface area (Å²) >= 11 is 0. The molecule has 0 aliphatic heterocycles. The van der Waals surface area contributed by atoms with Crippen LogP contribution in [0.3, 0.4) is 0 Å². The molecular weight excluding hydrogens is 381 g/mol. The lowest BCUT2D eigenvalue weighted by Crippen LogP contribution is -2.13. The van der Waals surface area contributed by atoms with Crippen molar-refractivity contribution in [3.05, 3.63) is 89.4 Å². The Morgan fingerprint density at radius 1 is 1.00 bits per heavy atom. The highest BCUT2D eigenvalue weighted by atomic mass is 19.2. The van der Waals surface area contributed by atoms with Crippen LogP contribution in [0.2, 0.25) is 0 Å². The first-order valence-corrected chi connectivity index (χ1v) is 8.66. The predicted octanol–water partition coefficient (Wildman–Crippen LogP) is 4.34. The quantitative estimate of drug-likeness (QED) is 0.504. The molecule has 0 saturated carbocycles. The minimum absolute atomic E-state index is 0.124. The molecule has 0 saturated heterocycles. The number of carbonyl (C=O) groups excluding carboxylic acids is 1. The molecule has 0 atom stereocenters. The molecule has 5 nitrogen and oxygen atoms in total. The van der Waals surface area contributed by atoms with Gasteiger partial charge in [0.15, 0.2) is 11.6 Å². The lowest BCUT2D eigenvalue weighted by atomic mass is 10.1. The molecule has 1 amide bonds. The summed E-state index contributed by atoms with van der Waals surface area (Å²) in [4.78, 5) is 12.5. The standard InChI is InChI=1S/C21H15F3N4O/c22-15-3-6-20(18(25)9-15)26-21(29)13-2-5-19-14(8-13)11-28(27-19)10-12-1-4-16(23)17(24)7-12/h1-9,11H,10,25H2,(H,26,29). The minimum Gasteiger partial charge on any atom is -0.397 e. The van der Waals surface area contributed by atoms with Crippen molar-refractivity contribution in [2.45, 2.75) is 6.54 Å². The predicted molar refractivity (Wildman–Crippen MR) is 104 cm³/mol. The lowest BCUT2D eigenvalue weighted by molar-refractivity contribution is 0.102. The third-order valence-corrected chi connectivity index (χ3v) is 4.40. The zero-order valence-corrected chi connectivity index (χ0v) is 15.0. The fourth-order valence-electron chi connectivity index (χ4n) is 2.97. The lowest BCUT2D eigenvalue weighted by Gasteiger charge is -2.08. The van der Waals surface area contributed by atoms with Crippen molar-refractivity contribution in [1.82, 2.24) is 9.78 Å². The smallest absolute Gasteiger partial charge is 0.255 e. The van der Waals surface area contributed by atoms with Gasteiger partial charge in [0, 0.05) is 17.1 Å². The molecule has 0 radical (unpaired) electrons. The van der Waals surface area contributed by atoms with Gasteiger partial charge in [-0.25, -0.2) is 13.2 Å². The molecule has 0 unspecified atom stereocenters. The van der Waals surface area contributed by atoms with Crippen LogP contribution in [-0.2, 0) is 6.54 Å². The van der Waals surface area contributed by atoms with Crippen molar-refractivity contribution in [3.63, 3.8) is 0 Å². The van der Waals surface area contributed by atoms with E-state index in [9.17, 15) is 18.0 Å². The number of amides is 1. The summed E-state index contributed by atoms with van der Waals surface area (Å²) < 4.78 is 41.2. The second-order valence-corrected chi connectivity index (χ2v) is 6.53. The van der Waals surface area contributed by atoms with Gasteiger partial charge in [0.2, 0.25) is 0 Å². The molecule has 8 heteroatoms. The summed E-state index contributed by atoms with van der Waals surface area (Å²) in [7, 11) is 0. The maximum absolute atomic E-state index is 13.4. The number of carbonyl (C=O) groups is 1. The summed E-state index contributed by atoms with van der Waals surface area (Å²) in [5.74, 6) is -2.72. The number of benzene rings is 3. The number of rotatable bonds is 4. The Balaban J connectivity index is 1.56. The summed E-state index contributed by atoms with van der Waals surface area (Å²) in [6.45, 7) is 0.250. The third kappa shape index (κ3) is 3.91. The van der Waals surface area contributed by atoms with Gasteiger partial charge >= 0.3 is 0 Å². The Hall–Kier alpha value is -3.81. The van der Waals surface area contributed by atoms with E-state index in [1.807, 2.05) is 0 Å². The van der Waals surface area contributed by atoms with E-state index in [2.05, 4.69) is 10.4 Å². The van der Waals surface area contributed by atoms with Crippen LogP contribution in [0.25, 0.3) is 10.9 Å². The molecule has 1 heterocycles. The number of hydrogen-bond donors (Lipinski definition) is 2. The average Bonchev–Trinajstić information content (AvgIpc) is 3.08. The van der Waals surface area contributed by atoms with E-state index in [0.29, 0.717) is 27.7 Å². The molecule has 29 heavy (non-hydrogen) atoms. The highest BCUT2D eigenvalue weighted by Gasteiger charge is 2.11. The summed E-state index contributed by atoms with van der Waals surface area (Å²) in [6.07, 6.45) is 1.71. The number of nitrogens with one attached hydrogen (secondary N) is 1. The molecule has 3 aromatic carbocycles. The molecule has 0 fully saturated rings. The number of nitrogens with zero attached hydrogens (tertiary/aromatic N) is 2. The van der Waals surface area contributed by atoms with E-state index < -0.39 is 23.4 Å². The average molecular weight is 396 g/mol. The van der Waals surface area contributed by atoms with Crippen LogP contribution in [0.5, 0.6) is 0 Å². The van der Waals surface area contributed by atoms with Gasteiger partial charge in [-0.05, 0) is 54.1 Å². The Morgan fingerprint density at radius 2 is 1.83 bits per heavy atom. The topological polar surface area (TPSA) is 72.9 Å². The fourth-order valence-corrected chi connectivity index (χ4v) is 2.97. The first-order chi connectivity index (χ1) is 13.9. The van der Waals surface area contributed by atoms with E-state index in [1.165, 1.54) is 18.2 Å². The Morgan fingerprint density at radius 3 is 2.59 bits per heavy atom. The maximum atomic E-state index is 13.4. The van der Waals surface area contributed by atoms with E-state index in [4.69, 9.17) is 5.73 Å². The second kappa shape index (κ2) is 7.31. The van der Waals surface area contributed by atoms with Crippen molar-refractivity contribution in [3.8, 4) is 0 Å². The second-order valence-electron chi connectivity index (χ2n) is 6.53. The van der Waals surface area contributed by atoms with Crippen LogP contribution in [0.15, 0.2) is 60.8 Å². The van der Waals surface area contributed by atoms with Gasteiger partial charge in [0.1, 0.15) is 5.82 Å². The summed E-state index contributed by atoms with van der Waals surface area (Å²) in [6, 6.07) is 12.3. The summed E-state index contributed by atoms with van der Waals surface area (Å²) in [5, 5.41) is 7.72. The first-order valence-electron chi connectivity index (χ1n) is 8.66. The van der Waals surface area contributed by atoms with Gasteiger partial charge in [-0.15, -0.1) is 0 Å². The number of halogens is 3. The molecule has 0 spiro atoms. The number of fused-ring (bicyclic) bond motifs is 1. The third-order valence-electron chi connectivity index (χ3n) is 4.40. The van der Waals surface area contributed by atoms with Crippen molar-refractivity contribution in [2.75, 3.05) is 11.1 Å². The normalized spacial score (nSPS) is 11.0. The maximum Gasteiger partial charge on any atom is 0.255 e. The van der Waals surface area contributed by atoms with Gasteiger partial charge in [0.25, 0.3) is 5.91 Å². The molecule has 0 aliphatic rings. The van der Waals surface area contributed by atoms with Crippen LogP contribution < -0.4 is 11.1 Å². The van der Waals surface area contributed by atoms with Crippen LogP contribution in [0.1, 0.15) is 15.9 Å². The zero-order valence-electron chi connectivity index (χ0n) is 15.0. The van der Waals surface area contributed by atoms with Crippen LogP contribution in [-0.4, -0.2) is 15.7 Å². The van der Waals surface area contributed by atoms with Gasteiger partial charge in [-0.2, -0.15) is 5.10 Å². The Labute approximate surface area is 163 Å². The van der Waals surface area contributed by atoms with Gasteiger partial charge in [-0.1, -0.05) is 6.07 Å². The van der Waals surface area contributed by atoms with Gasteiger partial charge in [0.05, 0.1) is 23.4 Å². The monoisotopic (exact) mass is 396 g/mol. The van der Waals surface area contributed by atoms with Crippen LogP contribution >= 0.6 is 0 Å². The number of nitrogens with two attached hydrogens (primary N) is 1. The van der Waals surface area contributed by atoms with Crippen molar-refractivity contribution in [2.24, 2.45) is 0 Å². The molecule has 0 bridgehead atoms. The van der Waals surface area contributed by atoms with E-state index in [0.717, 1.165) is 18.2 Å². The molecular formula is C21H15F3N4O. The number of aromatic nitrogens is 2. The van der Waals surface area contributed by atoms with Crippen LogP contribution in [0.4, 0.5) is 24.5 Å². The summed E-state index contributed by atoms with van der Waals surface area (Å²) in [5.41, 5.74) is 7.72. The molecule has 4 aromatic rings. The number of hydrogen-bond acceptors (Lipinski definition) is 3. The van der Waals surface area contributed by atoms with Gasteiger partial charge < -0.3 is 11.1 Å². The largest absolute Gasteiger partial charge is 0.397 e. The SMILES string of the molecule is Nc1cc(F)ccc1NC(=O)c1ccc2nn(Cc3ccc(F)c(F)c3)cc2c1. The zero-order chi connectivity index (χ0) is 20.5. The van der Waals surface area contributed by atoms with Crippen molar-refractivity contribution >= 4 is 28.2 Å². The molecule has 3 N–H and O–H groups in total. The molecule has 1 aromatic heterocycles. The molecule has 146 valence electrons. The van der Waals surface area contributed by atoms with Crippen LogP contribution in [0, 0.1) is 17.5 Å². The molecule has 4 rings (SSSR count). The Bertz CT molecular complexity index is 1240. The van der Waals surface area contributed by atoms with Crippen molar-refractivity contribution in [1.29, 1.82) is 0 Å². The number of anilines is 2. The van der Waals surface area contributed by atoms with E-state index in [-0.39, 0.29) is 12.2 Å². The fraction of sp³-hybridized carbons (Fsp3) is 0.0476. The highest BCUT2D eigenvalue weighted by Crippen LogP contribution is 2.21.